The Bertz CT molecular complexity index is 1040. The van der Waals surface area contributed by atoms with Crippen LogP contribution in [0.5, 0.6) is 0 Å². The van der Waals surface area contributed by atoms with Crippen molar-refractivity contribution in [2.45, 2.75) is 70.4 Å². The van der Waals surface area contributed by atoms with Gasteiger partial charge in [0.05, 0.1) is 39.6 Å². The predicted octanol–water partition coefficient (Wildman–Crippen LogP) is -0.208. The van der Waals surface area contributed by atoms with Crippen molar-refractivity contribution in [2.24, 2.45) is 0 Å². The molecule has 0 rings (SSSR count). The van der Waals surface area contributed by atoms with E-state index in [2.05, 4.69) is 37.2 Å². The van der Waals surface area contributed by atoms with Crippen molar-refractivity contribution in [1.82, 2.24) is 37.2 Å². The number of carboxylic acid groups (broad SMARTS) is 3. The fourth-order valence-corrected chi connectivity index (χ4v) is 3.87. The molecule has 0 radical (unpaired) electrons. The highest BCUT2D eigenvalue weighted by atomic mass is 16.6. The zero-order valence-corrected chi connectivity index (χ0v) is 29.6. The van der Waals surface area contributed by atoms with E-state index in [-0.39, 0.29) is 116 Å². The van der Waals surface area contributed by atoms with Crippen LogP contribution in [-0.2, 0) is 33.3 Å². The maximum atomic E-state index is 12.3. The van der Waals surface area contributed by atoms with Gasteiger partial charge in [-0.15, -0.1) is 0 Å². The molecule has 0 saturated carbocycles. The van der Waals surface area contributed by atoms with Gasteiger partial charge in [0.1, 0.15) is 11.1 Å². The summed E-state index contributed by atoms with van der Waals surface area (Å²) < 4.78 is 22.0. The highest BCUT2D eigenvalue weighted by Gasteiger charge is 2.34. The first-order chi connectivity index (χ1) is 24.0. The van der Waals surface area contributed by atoms with Crippen molar-refractivity contribution in [2.75, 3.05) is 78.9 Å². The minimum atomic E-state index is -1.49. The Kier molecular flexibility index (Phi) is 24.7. The van der Waals surface area contributed by atoms with Gasteiger partial charge in [0.25, 0.3) is 0 Å². The molecule has 0 heterocycles. The number of hydrogen-bond acceptors (Lipinski definition) is 11. The number of carbonyl (C=O) groups is 7. The summed E-state index contributed by atoms with van der Waals surface area (Å²) in [6.07, 6.45) is -3.34. The van der Waals surface area contributed by atoms with Crippen LogP contribution in [0.2, 0.25) is 0 Å². The molecule has 21 heteroatoms. The summed E-state index contributed by atoms with van der Waals surface area (Å²) in [5.74, 6) is -1.08. The molecule has 0 aliphatic heterocycles. The quantitative estimate of drug-likeness (QED) is 0.0465. The number of amides is 7. The van der Waals surface area contributed by atoms with Gasteiger partial charge in [-0.1, -0.05) is 0 Å². The van der Waals surface area contributed by atoms with Crippen LogP contribution in [0.1, 0.15) is 59.3 Å². The molecule has 7 amide bonds. The Labute approximate surface area is 296 Å². The zero-order chi connectivity index (χ0) is 38.5. The average molecular weight is 738 g/mol. The second kappa shape index (κ2) is 27.1. The van der Waals surface area contributed by atoms with E-state index in [0.29, 0.717) is 19.3 Å². The monoisotopic (exact) mass is 737 g/mol. The van der Waals surface area contributed by atoms with Gasteiger partial charge in [0.15, 0.2) is 0 Å². The smallest absolute Gasteiger partial charge is 0.407 e. The second-order valence-corrected chi connectivity index (χ2v) is 12.1. The van der Waals surface area contributed by atoms with Gasteiger partial charge < -0.3 is 71.5 Å². The van der Waals surface area contributed by atoms with Crippen LogP contribution >= 0.6 is 0 Å². The van der Waals surface area contributed by atoms with Gasteiger partial charge in [-0.3, -0.25) is 14.4 Å². The molecule has 21 nitrogen and oxygen atoms in total. The Morgan fingerprint density at radius 2 is 0.824 bits per heavy atom. The van der Waals surface area contributed by atoms with Gasteiger partial charge in [-0.2, -0.15) is 0 Å². The molecule has 0 aromatic heterocycles. The number of nitrogens with one attached hydrogen (secondary N) is 7. The van der Waals surface area contributed by atoms with E-state index in [1.54, 1.807) is 20.8 Å². The number of carbonyl (C=O) groups excluding carboxylic acids is 4. The standard InChI is InChI=1S/C30H55N7O14/c1-29(2,3)51-28(47)36-15-6-12-33-24(40)9-18-50-21-30(37-27(45)46,19-48-16-7-22(38)31-10-4-13-34-25(41)42)20-49-17-8-23(39)32-11-5-14-35-26(43)44/h34-35,37H,4-21H2,1-3H3,(H,31,38)(H,32,39)(H,33,40)(H,36,47)(H,41,42)(H,43,44)(H,45,46). The molecule has 0 aromatic carbocycles. The third-order valence-corrected chi connectivity index (χ3v) is 6.18. The van der Waals surface area contributed by atoms with E-state index in [1.807, 2.05) is 0 Å². The van der Waals surface area contributed by atoms with Crippen molar-refractivity contribution in [1.29, 1.82) is 0 Å². The summed E-state index contributed by atoms with van der Waals surface area (Å²) in [6, 6.07) is 0. The lowest BCUT2D eigenvalue weighted by atomic mass is 10.0. The Morgan fingerprint density at radius 3 is 1.14 bits per heavy atom. The first-order valence-electron chi connectivity index (χ1n) is 16.5. The van der Waals surface area contributed by atoms with Crippen LogP contribution in [0.3, 0.4) is 0 Å². The Balaban J connectivity index is 4.94. The topological polar surface area (TPSA) is 301 Å². The van der Waals surface area contributed by atoms with Gasteiger partial charge in [-0.05, 0) is 40.0 Å². The van der Waals surface area contributed by atoms with Crippen LogP contribution < -0.4 is 37.2 Å². The van der Waals surface area contributed by atoms with Crippen molar-refractivity contribution >= 4 is 42.1 Å². The maximum Gasteiger partial charge on any atom is 0.407 e. The van der Waals surface area contributed by atoms with Crippen LogP contribution in [-0.4, -0.2) is 147 Å². The SMILES string of the molecule is CC(C)(C)OC(=O)NCCCNC(=O)CCOCC(COCCC(=O)NCCCNC(=O)O)(COCCC(=O)NCCCNC(=O)O)NC(=O)O. The molecule has 10 N–H and O–H groups in total. The van der Waals surface area contributed by atoms with Gasteiger partial charge in [0, 0.05) is 58.5 Å². The summed E-state index contributed by atoms with van der Waals surface area (Å²) in [4.78, 5) is 80.9. The summed E-state index contributed by atoms with van der Waals surface area (Å²) in [7, 11) is 0. The number of alkyl carbamates (subject to hydrolysis) is 1. The highest BCUT2D eigenvalue weighted by Crippen LogP contribution is 2.11. The number of ether oxygens (including phenoxy) is 4. The van der Waals surface area contributed by atoms with E-state index in [4.69, 9.17) is 29.2 Å². The van der Waals surface area contributed by atoms with Crippen molar-refractivity contribution in [3.05, 3.63) is 0 Å². The molecule has 0 aliphatic rings. The molecule has 294 valence electrons. The van der Waals surface area contributed by atoms with Gasteiger partial charge in [-0.25, -0.2) is 19.2 Å². The molecular weight excluding hydrogens is 682 g/mol. The molecule has 51 heavy (non-hydrogen) atoms. The van der Waals surface area contributed by atoms with E-state index >= 15 is 0 Å². The molecule has 0 unspecified atom stereocenters. The van der Waals surface area contributed by atoms with Gasteiger partial charge in [0.2, 0.25) is 17.7 Å². The largest absolute Gasteiger partial charge is 0.465 e. The van der Waals surface area contributed by atoms with Crippen LogP contribution in [0.4, 0.5) is 19.2 Å². The highest BCUT2D eigenvalue weighted by molar-refractivity contribution is 5.76. The normalized spacial score (nSPS) is 11.1. The van der Waals surface area contributed by atoms with E-state index in [9.17, 15) is 38.7 Å². The average Bonchev–Trinajstić information content (AvgIpc) is 3.01. The molecule has 0 aromatic rings. The summed E-state index contributed by atoms with van der Waals surface area (Å²) in [5, 5.41) is 43.9. The molecule has 0 fully saturated rings. The molecule has 0 saturated heterocycles. The van der Waals surface area contributed by atoms with E-state index in [1.165, 1.54) is 0 Å². The first kappa shape index (κ1) is 46.4. The van der Waals surface area contributed by atoms with Crippen LogP contribution in [0, 0.1) is 0 Å². The maximum absolute atomic E-state index is 12.3. The molecular formula is C30H55N7O14. The lowest BCUT2D eigenvalue weighted by molar-refractivity contribution is -0.122. The van der Waals surface area contributed by atoms with Crippen LogP contribution in [0.25, 0.3) is 0 Å². The summed E-state index contributed by atoms with van der Waals surface area (Å²) >= 11 is 0. The minimum Gasteiger partial charge on any atom is -0.465 e. The lowest BCUT2D eigenvalue weighted by Crippen LogP contribution is -2.58. The Hall–Kier alpha value is -4.63. The number of rotatable bonds is 28. The van der Waals surface area contributed by atoms with Crippen molar-refractivity contribution in [3.8, 4) is 0 Å². The fraction of sp³-hybridized carbons (Fsp3) is 0.767. The fourth-order valence-electron chi connectivity index (χ4n) is 3.87. The Morgan fingerprint density at radius 1 is 0.490 bits per heavy atom. The lowest BCUT2D eigenvalue weighted by Gasteiger charge is -2.33. The van der Waals surface area contributed by atoms with Crippen molar-refractivity contribution in [3.63, 3.8) is 0 Å². The van der Waals surface area contributed by atoms with Crippen molar-refractivity contribution < 1.29 is 67.8 Å². The molecule has 0 bridgehead atoms. The first-order valence-corrected chi connectivity index (χ1v) is 16.5. The van der Waals surface area contributed by atoms with Crippen LogP contribution in [0.15, 0.2) is 0 Å². The summed E-state index contributed by atoms with van der Waals surface area (Å²) in [5.41, 5.74) is -2.12. The molecule has 0 spiro atoms. The van der Waals surface area contributed by atoms with E-state index < -0.39 is 35.5 Å². The summed E-state index contributed by atoms with van der Waals surface area (Å²) in [6.45, 7) is 5.39. The second-order valence-electron chi connectivity index (χ2n) is 12.1. The number of hydrogen-bond donors (Lipinski definition) is 10. The van der Waals surface area contributed by atoms with Gasteiger partial charge >= 0.3 is 24.4 Å². The zero-order valence-electron chi connectivity index (χ0n) is 29.6. The third-order valence-electron chi connectivity index (χ3n) is 6.18. The molecule has 0 aliphatic carbocycles. The minimum absolute atomic E-state index is 0.0608. The third kappa shape index (κ3) is 30.0. The molecule has 0 atom stereocenters. The van der Waals surface area contributed by atoms with E-state index in [0.717, 1.165) is 0 Å². The predicted molar refractivity (Wildman–Crippen MR) is 179 cm³/mol.